The van der Waals surface area contributed by atoms with Crippen LogP contribution < -0.4 is 5.32 Å². The number of rotatable bonds is 20. The van der Waals surface area contributed by atoms with Gasteiger partial charge in [-0.15, -0.1) is 0 Å². The third-order valence-corrected chi connectivity index (χ3v) is 8.13. The number of ether oxygens (including phenoxy) is 1. The molecule has 0 aromatic heterocycles. The van der Waals surface area contributed by atoms with Gasteiger partial charge in [0, 0.05) is 12.2 Å². The standard InChI is InChI=1S/C32H53F3N2O6/c1-2-3-4-5-6-7-8-9-10-11-12-13-14-15-16-17-21-37(30-29(41)28(40)27(39)26(23-38)43-30)31(42)36-25-20-18-19-24(22-25)32(33,34)35/h18-20,22,26-30,38-41H,2-17,21,23H2,1H3,(H,36,42)/t26-,27-,28+,29-,30?/m1/s1. The lowest BCUT2D eigenvalue weighted by Crippen LogP contribution is -2.64. The Balaban J connectivity index is 1.81. The first-order chi connectivity index (χ1) is 20.6. The van der Waals surface area contributed by atoms with Crippen LogP contribution in [0.1, 0.15) is 115 Å². The molecule has 1 fully saturated rings. The molecule has 1 saturated heterocycles. The quantitative estimate of drug-likeness (QED) is 0.105. The van der Waals surface area contributed by atoms with Gasteiger partial charge in [-0.05, 0) is 24.6 Å². The zero-order valence-corrected chi connectivity index (χ0v) is 25.6. The Hall–Kier alpha value is -1.92. The van der Waals surface area contributed by atoms with Crippen LogP contribution in [0.3, 0.4) is 0 Å². The maximum Gasteiger partial charge on any atom is 0.416 e. The number of anilines is 1. The third-order valence-electron chi connectivity index (χ3n) is 8.13. The van der Waals surface area contributed by atoms with Crippen molar-refractivity contribution in [3.63, 3.8) is 0 Å². The van der Waals surface area contributed by atoms with Gasteiger partial charge in [-0.2, -0.15) is 13.2 Å². The van der Waals surface area contributed by atoms with Crippen LogP contribution in [0.2, 0.25) is 0 Å². The van der Waals surface area contributed by atoms with Crippen LogP contribution in [0.4, 0.5) is 23.7 Å². The van der Waals surface area contributed by atoms with E-state index in [4.69, 9.17) is 4.74 Å². The molecule has 1 aliphatic rings. The second kappa shape index (κ2) is 20.2. The SMILES string of the molecule is CCCCCCCCCCCCCCCCCCN(C(=O)Nc1cccc(C(F)(F)F)c1)C1O[C@H](CO)[C@@H](O)[C@H](O)[C@H]1O. The minimum absolute atomic E-state index is 0.0892. The lowest BCUT2D eigenvalue weighted by Gasteiger charge is -2.44. The molecule has 0 saturated carbocycles. The Morgan fingerprint density at radius 1 is 0.814 bits per heavy atom. The fraction of sp³-hybridized carbons (Fsp3) is 0.781. The molecule has 0 radical (unpaired) electrons. The summed E-state index contributed by atoms with van der Waals surface area (Å²) in [5.74, 6) is 0. The smallest absolute Gasteiger partial charge is 0.394 e. The van der Waals surface area contributed by atoms with Gasteiger partial charge in [0.05, 0.1) is 12.2 Å². The van der Waals surface area contributed by atoms with E-state index in [-0.39, 0.29) is 12.2 Å². The fourth-order valence-electron chi connectivity index (χ4n) is 5.48. The number of hydrogen-bond donors (Lipinski definition) is 5. The number of carbonyl (C=O) groups excluding carboxylic acids is 1. The van der Waals surface area contributed by atoms with Crippen LogP contribution >= 0.6 is 0 Å². The summed E-state index contributed by atoms with van der Waals surface area (Å²) in [5, 5.41) is 43.0. The average Bonchev–Trinajstić information content (AvgIpc) is 2.98. The Labute approximate surface area is 254 Å². The monoisotopic (exact) mass is 618 g/mol. The molecule has 1 unspecified atom stereocenters. The summed E-state index contributed by atoms with van der Waals surface area (Å²) in [6, 6.07) is 3.35. The van der Waals surface area contributed by atoms with Crippen molar-refractivity contribution in [2.45, 2.75) is 146 Å². The van der Waals surface area contributed by atoms with Crippen molar-refractivity contribution in [1.29, 1.82) is 0 Å². The lowest BCUT2D eigenvalue weighted by molar-refractivity contribution is -0.256. The van der Waals surface area contributed by atoms with Crippen molar-refractivity contribution in [1.82, 2.24) is 4.90 Å². The van der Waals surface area contributed by atoms with E-state index in [1.807, 2.05) is 0 Å². The summed E-state index contributed by atoms with van der Waals surface area (Å²) in [4.78, 5) is 14.3. The molecule has 2 amide bonds. The first-order valence-electron chi connectivity index (χ1n) is 16.2. The van der Waals surface area contributed by atoms with Gasteiger partial charge in [-0.3, -0.25) is 4.90 Å². The number of nitrogens with one attached hydrogen (secondary N) is 1. The summed E-state index contributed by atoms with van der Waals surface area (Å²) in [5.41, 5.74) is -1.02. The van der Waals surface area contributed by atoms with Gasteiger partial charge in [0.25, 0.3) is 0 Å². The number of halogens is 3. The highest BCUT2D eigenvalue weighted by Crippen LogP contribution is 2.31. The molecule has 11 heteroatoms. The van der Waals surface area contributed by atoms with Crippen molar-refractivity contribution >= 4 is 11.7 Å². The number of nitrogens with zero attached hydrogens (tertiary/aromatic N) is 1. The summed E-state index contributed by atoms with van der Waals surface area (Å²) in [7, 11) is 0. The normalized spacial score (nSPS) is 22.5. The van der Waals surface area contributed by atoms with Crippen LogP contribution in [-0.2, 0) is 10.9 Å². The molecule has 0 aliphatic carbocycles. The second-order valence-electron chi connectivity index (χ2n) is 11.7. The van der Waals surface area contributed by atoms with Crippen LogP contribution in [0, 0.1) is 0 Å². The van der Waals surface area contributed by atoms with E-state index in [1.54, 1.807) is 0 Å². The number of unbranched alkanes of at least 4 members (excludes halogenated alkanes) is 15. The molecular formula is C32H53F3N2O6. The van der Waals surface area contributed by atoms with Gasteiger partial charge in [0.15, 0.2) is 6.23 Å². The number of alkyl halides is 3. The van der Waals surface area contributed by atoms with E-state index >= 15 is 0 Å². The molecule has 1 aromatic carbocycles. The summed E-state index contributed by atoms with van der Waals surface area (Å²) >= 11 is 0. The molecule has 5 N–H and O–H groups in total. The summed E-state index contributed by atoms with van der Waals surface area (Å²) in [6.07, 6.45) is 6.54. The Morgan fingerprint density at radius 3 is 1.81 bits per heavy atom. The van der Waals surface area contributed by atoms with Gasteiger partial charge < -0.3 is 30.5 Å². The number of aliphatic hydroxyl groups excluding tert-OH is 4. The predicted molar refractivity (Wildman–Crippen MR) is 160 cm³/mol. The molecule has 1 aromatic rings. The van der Waals surface area contributed by atoms with E-state index in [1.165, 1.54) is 82.8 Å². The average molecular weight is 619 g/mol. The molecule has 1 aliphatic heterocycles. The van der Waals surface area contributed by atoms with Crippen molar-refractivity contribution < 1.29 is 43.1 Å². The minimum Gasteiger partial charge on any atom is -0.394 e. The molecule has 1 heterocycles. The molecule has 43 heavy (non-hydrogen) atoms. The van der Waals surface area contributed by atoms with E-state index in [2.05, 4.69) is 12.2 Å². The molecular weight excluding hydrogens is 565 g/mol. The molecule has 8 nitrogen and oxygen atoms in total. The predicted octanol–water partition coefficient (Wildman–Crippen LogP) is 6.60. The van der Waals surface area contributed by atoms with Crippen LogP contribution in [0.25, 0.3) is 0 Å². The van der Waals surface area contributed by atoms with E-state index < -0.39 is 55.0 Å². The van der Waals surface area contributed by atoms with E-state index in [9.17, 15) is 38.4 Å². The van der Waals surface area contributed by atoms with Crippen molar-refractivity contribution in [2.24, 2.45) is 0 Å². The highest BCUT2D eigenvalue weighted by atomic mass is 19.4. The number of aliphatic hydroxyl groups is 4. The number of benzene rings is 1. The van der Waals surface area contributed by atoms with Crippen LogP contribution in [-0.4, -0.2) is 75.2 Å². The number of carbonyl (C=O) groups is 1. The minimum atomic E-state index is -4.59. The first kappa shape index (κ1) is 37.3. The van der Waals surface area contributed by atoms with Crippen molar-refractivity contribution in [3.05, 3.63) is 29.8 Å². The number of hydrogen-bond acceptors (Lipinski definition) is 6. The van der Waals surface area contributed by atoms with Crippen LogP contribution in [0.5, 0.6) is 0 Å². The van der Waals surface area contributed by atoms with Gasteiger partial charge >= 0.3 is 12.2 Å². The number of urea groups is 1. The van der Waals surface area contributed by atoms with Gasteiger partial charge in [0.2, 0.25) is 0 Å². The summed E-state index contributed by atoms with van der Waals surface area (Å²) in [6.45, 7) is 1.66. The Bertz CT molecular complexity index is 904. The van der Waals surface area contributed by atoms with Crippen molar-refractivity contribution in [3.8, 4) is 0 Å². The molecule has 2 rings (SSSR count). The highest BCUT2D eigenvalue weighted by Gasteiger charge is 2.46. The zero-order chi connectivity index (χ0) is 31.7. The Kier molecular flexibility index (Phi) is 17.5. The third kappa shape index (κ3) is 13.3. The first-order valence-corrected chi connectivity index (χ1v) is 16.2. The molecule has 0 bridgehead atoms. The molecule has 0 spiro atoms. The highest BCUT2D eigenvalue weighted by molar-refractivity contribution is 5.89. The molecule has 5 atom stereocenters. The summed E-state index contributed by atoms with van der Waals surface area (Å²) < 4.78 is 45.1. The van der Waals surface area contributed by atoms with Gasteiger partial charge in [0.1, 0.15) is 24.4 Å². The Morgan fingerprint density at radius 2 is 1.33 bits per heavy atom. The van der Waals surface area contributed by atoms with Crippen molar-refractivity contribution in [2.75, 3.05) is 18.5 Å². The van der Waals surface area contributed by atoms with Gasteiger partial charge in [-0.25, -0.2) is 4.79 Å². The second-order valence-corrected chi connectivity index (χ2v) is 11.7. The van der Waals surface area contributed by atoms with Gasteiger partial charge in [-0.1, -0.05) is 109 Å². The van der Waals surface area contributed by atoms with Crippen LogP contribution in [0.15, 0.2) is 24.3 Å². The maximum absolute atomic E-state index is 13.2. The topological polar surface area (TPSA) is 122 Å². The largest absolute Gasteiger partial charge is 0.416 e. The van der Waals surface area contributed by atoms with E-state index in [0.29, 0.717) is 6.42 Å². The molecule has 248 valence electrons. The van der Waals surface area contributed by atoms with E-state index in [0.717, 1.165) is 42.7 Å². The zero-order valence-electron chi connectivity index (χ0n) is 25.6. The maximum atomic E-state index is 13.2. The lowest BCUT2D eigenvalue weighted by atomic mass is 9.97. The number of amides is 2. The fourth-order valence-corrected chi connectivity index (χ4v) is 5.48.